The van der Waals surface area contributed by atoms with Crippen LogP contribution in [-0.2, 0) is 16.4 Å². The highest BCUT2D eigenvalue weighted by molar-refractivity contribution is 7.91. The Hall–Kier alpha value is -3.39. The molecule has 0 amide bonds. The predicted molar refractivity (Wildman–Crippen MR) is 99.8 cm³/mol. The molecule has 0 unspecified atom stereocenters. The normalized spacial score (nSPS) is 11.5. The number of aromatic nitrogens is 1. The van der Waals surface area contributed by atoms with Crippen LogP contribution in [0.4, 0.5) is 10.3 Å². The lowest BCUT2D eigenvalue weighted by Gasteiger charge is -2.06. The van der Waals surface area contributed by atoms with Crippen LogP contribution in [0, 0.1) is 5.82 Å². The molecule has 142 valence electrons. The van der Waals surface area contributed by atoms with E-state index in [1.54, 1.807) is 42.5 Å². The number of halogens is 1. The molecule has 0 atom stereocenters. The van der Waals surface area contributed by atoms with Crippen LogP contribution in [-0.4, -0.2) is 13.4 Å². The maximum atomic E-state index is 13.1. The summed E-state index contributed by atoms with van der Waals surface area (Å²) < 4.78 is 50.1. The van der Waals surface area contributed by atoms with E-state index in [1.165, 1.54) is 30.5 Å². The molecule has 0 saturated heterocycles. The summed E-state index contributed by atoms with van der Waals surface area (Å²) in [5.41, 5.74) is 0.750. The summed E-state index contributed by atoms with van der Waals surface area (Å²) >= 11 is 0. The maximum absolute atomic E-state index is 13.1. The fourth-order valence-electron chi connectivity index (χ4n) is 2.60. The van der Waals surface area contributed by atoms with Crippen molar-refractivity contribution in [2.24, 2.45) is 0 Å². The number of benzene rings is 2. The summed E-state index contributed by atoms with van der Waals surface area (Å²) in [4.78, 5) is 4.25. The van der Waals surface area contributed by atoms with Crippen LogP contribution in [0.3, 0.4) is 0 Å². The number of oxazole rings is 1. The molecule has 8 heteroatoms. The molecule has 0 bridgehead atoms. The molecular formula is C20H15FN2O4S. The first-order valence-electron chi connectivity index (χ1n) is 8.37. The van der Waals surface area contributed by atoms with Crippen LogP contribution in [0.1, 0.15) is 5.56 Å². The molecule has 2 aromatic carbocycles. The van der Waals surface area contributed by atoms with Crippen LogP contribution in [0.25, 0.3) is 11.7 Å². The van der Waals surface area contributed by atoms with Gasteiger partial charge in [-0.15, -0.1) is 0 Å². The number of nitrogens with one attached hydrogen (secondary N) is 1. The molecule has 2 heterocycles. The average Bonchev–Trinajstić information content (AvgIpc) is 3.38. The standard InChI is InChI=1S/C20H15FN2O4S/c21-15-10-8-14(9-11-15)13-22-19-20(23-18(27-19)17-7-4-12-26-17)28(24,25)16-5-2-1-3-6-16/h1-12,22H,13H2. The van der Waals surface area contributed by atoms with Gasteiger partial charge in [-0.2, -0.15) is 4.98 Å². The van der Waals surface area contributed by atoms with Crippen molar-refractivity contribution in [3.63, 3.8) is 0 Å². The van der Waals surface area contributed by atoms with Gasteiger partial charge in [0, 0.05) is 6.54 Å². The second-order valence-electron chi connectivity index (χ2n) is 5.93. The third-order valence-electron chi connectivity index (χ3n) is 4.00. The Balaban J connectivity index is 1.72. The third-order valence-corrected chi connectivity index (χ3v) is 5.68. The minimum atomic E-state index is -3.92. The van der Waals surface area contributed by atoms with Crippen LogP contribution in [0.15, 0.2) is 91.7 Å². The van der Waals surface area contributed by atoms with Crippen molar-refractivity contribution < 1.29 is 21.6 Å². The quantitative estimate of drug-likeness (QED) is 0.514. The van der Waals surface area contributed by atoms with Crippen LogP contribution in [0.5, 0.6) is 0 Å². The number of nitrogens with zero attached hydrogens (tertiary/aromatic N) is 1. The third kappa shape index (κ3) is 3.54. The largest absolute Gasteiger partial charge is 0.459 e. The second-order valence-corrected chi connectivity index (χ2v) is 7.79. The SMILES string of the molecule is O=S(=O)(c1ccccc1)c1nc(-c2ccco2)oc1NCc1ccc(F)cc1. The fourth-order valence-corrected chi connectivity index (χ4v) is 3.90. The van der Waals surface area contributed by atoms with E-state index in [4.69, 9.17) is 8.83 Å². The highest BCUT2D eigenvalue weighted by Gasteiger charge is 2.29. The van der Waals surface area contributed by atoms with Gasteiger partial charge in [0.15, 0.2) is 5.76 Å². The summed E-state index contributed by atoms with van der Waals surface area (Å²) in [6, 6.07) is 17.1. The van der Waals surface area contributed by atoms with Crippen molar-refractivity contribution in [3.05, 3.63) is 84.4 Å². The Kier molecular flexibility index (Phi) is 4.70. The van der Waals surface area contributed by atoms with Gasteiger partial charge in [0.1, 0.15) is 5.82 Å². The van der Waals surface area contributed by atoms with E-state index in [0.29, 0.717) is 5.76 Å². The van der Waals surface area contributed by atoms with E-state index in [2.05, 4.69) is 10.3 Å². The van der Waals surface area contributed by atoms with E-state index in [0.717, 1.165) is 5.56 Å². The monoisotopic (exact) mass is 398 g/mol. The maximum Gasteiger partial charge on any atom is 0.266 e. The lowest BCUT2D eigenvalue weighted by Crippen LogP contribution is -2.07. The first kappa shape index (κ1) is 18.0. The van der Waals surface area contributed by atoms with E-state index < -0.39 is 9.84 Å². The summed E-state index contributed by atoms with van der Waals surface area (Å²) in [5, 5.41) is 2.69. The molecule has 28 heavy (non-hydrogen) atoms. The number of sulfone groups is 1. The zero-order valence-corrected chi connectivity index (χ0v) is 15.3. The van der Waals surface area contributed by atoms with Gasteiger partial charge in [-0.25, -0.2) is 12.8 Å². The van der Waals surface area contributed by atoms with Crippen molar-refractivity contribution in [2.45, 2.75) is 16.5 Å². The average molecular weight is 398 g/mol. The Bertz CT molecular complexity index is 1170. The first-order chi connectivity index (χ1) is 13.5. The van der Waals surface area contributed by atoms with E-state index in [9.17, 15) is 12.8 Å². The van der Waals surface area contributed by atoms with Crippen LogP contribution >= 0.6 is 0 Å². The molecule has 0 aliphatic carbocycles. The minimum Gasteiger partial charge on any atom is -0.459 e. The molecule has 4 aromatic rings. The van der Waals surface area contributed by atoms with Gasteiger partial charge in [-0.05, 0) is 42.0 Å². The van der Waals surface area contributed by atoms with Crippen molar-refractivity contribution in [3.8, 4) is 11.7 Å². The smallest absolute Gasteiger partial charge is 0.266 e. The number of anilines is 1. The molecule has 4 rings (SSSR count). The van der Waals surface area contributed by atoms with Gasteiger partial charge >= 0.3 is 0 Å². The van der Waals surface area contributed by atoms with Gasteiger partial charge in [0.2, 0.25) is 20.7 Å². The van der Waals surface area contributed by atoms with Crippen molar-refractivity contribution in [2.75, 3.05) is 5.32 Å². The minimum absolute atomic E-state index is 0.0143. The number of hydrogen-bond acceptors (Lipinski definition) is 6. The summed E-state index contributed by atoms with van der Waals surface area (Å²) in [6.07, 6.45) is 1.44. The molecule has 0 saturated carbocycles. The van der Waals surface area contributed by atoms with Gasteiger partial charge in [-0.3, -0.25) is 0 Å². The number of furan rings is 1. The highest BCUT2D eigenvalue weighted by atomic mass is 32.2. The zero-order chi connectivity index (χ0) is 19.6. The molecular weight excluding hydrogens is 383 g/mol. The zero-order valence-electron chi connectivity index (χ0n) is 14.5. The highest BCUT2D eigenvalue weighted by Crippen LogP contribution is 2.32. The summed E-state index contributed by atoms with van der Waals surface area (Å²) in [7, 11) is -3.92. The number of hydrogen-bond donors (Lipinski definition) is 1. The van der Waals surface area contributed by atoms with E-state index >= 15 is 0 Å². The van der Waals surface area contributed by atoms with Crippen LogP contribution < -0.4 is 5.32 Å². The van der Waals surface area contributed by atoms with Gasteiger partial charge in [0.25, 0.3) is 5.89 Å². The second kappa shape index (κ2) is 7.32. The molecule has 1 N–H and O–H groups in total. The Morgan fingerprint density at radius 3 is 2.39 bits per heavy atom. The fraction of sp³-hybridized carbons (Fsp3) is 0.0500. The van der Waals surface area contributed by atoms with Crippen molar-refractivity contribution in [1.29, 1.82) is 0 Å². The van der Waals surface area contributed by atoms with Gasteiger partial charge < -0.3 is 14.2 Å². The first-order valence-corrected chi connectivity index (χ1v) is 9.85. The molecule has 2 aromatic heterocycles. The van der Waals surface area contributed by atoms with E-state index in [-0.39, 0.29) is 34.1 Å². The van der Waals surface area contributed by atoms with Gasteiger partial charge in [0.05, 0.1) is 11.2 Å². The van der Waals surface area contributed by atoms with Crippen LogP contribution in [0.2, 0.25) is 0 Å². The van der Waals surface area contributed by atoms with Gasteiger partial charge in [-0.1, -0.05) is 30.3 Å². The topological polar surface area (TPSA) is 85.3 Å². The molecule has 0 spiro atoms. The Morgan fingerprint density at radius 2 is 1.71 bits per heavy atom. The van der Waals surface area contributed by atoms with Crippen molar-refractivity contribution in [1.82, 2.24) is 4.98 Å². The lowest BCUT2D eigenvalue weighted by atomic mass is 10.2. The molecule has 0 aliphatic heterocycles. The Labute approximate surface area is 160 Å². The predicted octanol–water partition coefficient (Wildman–Crippen LogP) is 4.52. The summed E-state index contributed by atoms with van der Waals surface area (Å²) in [5.74, 6) is -0.0177. The lowest BCUT2D eigenvalue weighted by molar-refractivity contribution is 0.522. The molecule has 6 nitrogen and oxygen atoms in total. The molecule has 0 aliphatic rings. The van der Waals surface area contributed by atoms with E-state index in [1.807, 2.05) is 0 Å². The molecule has 0 radical (unpaired) electrons. The van der Waals surface area contributed by atoms with Crippen molar-refractivity contribution >= 4 is 15.7 Å². The summed E-state index contributed by atoms with van der Waals surface area (Å²) in [6.45, 7) is 0.227. The number of rotatable bonds is 6. The molecule has 0 fully saturated rings. The Morgan fingerprint density at radius 1 is 0.964 bits per heavy atom.